The van der Waals surface area contributed by atoms with Crippen LogP contribution in [0.1, 0.15) is 12.8 Å². The highest BCUT2D eigenvalue weighted by molar-refractivity contribution is 8.00. The van der Waals surface area contributed by atoms with E-state index in [1.165, 1.54) is 42.3 Å². The molecule has 0 radical (unpaired) electrons. The van der Waals surface area contributed by atoms with Crippen LogP contribution in [0.2, 0.25) is 0 Å². The normalized spacial score (nSPS) is 16.6. The lowest BCUT2D eigenvalue weighted by Gasteiger charge is -2.33. The van der Waals surface area contributed by atoms with Crippen molar-refractivity contribution in [3.05, 3.63) is 97.1 Å². The van der Waals surface area contributed by atoms with Gasteiger partial charge in [-0.25, -0.2) is 0 Å². The van der Waals surface area contributed by atoms with Crippen LogP contribution >= 0.6 is 35.9 Å². The molecule has 1 fully saturated rings. The summed E-state index contributed by atoms with van der Waals surface area (Å²) in [6.45, 7) is 4.49. The predicted molar refractivity (Wildman–Crippen MR) is 179 cm³/mol. The van der Waals surface area contributed by atoms with Crippen LogP contribution in [0.5, 0.6) is 0 Å². The zero-order chi connectivity index (χ0) is 28.7. The maximum Gasteiger partial charge on any atom is 0.307 e. The summed E-state index contributed by atoms with van der Waals surface area (Å²) in [4.78, 5) is 20.9. The van der Waals surface area contributed by atoms with Crippen LogP contribution in [-0.2, 0) is 9.53 Å². The van der Waals surface area contributed by atoms with Gasteiger partial charge in [0.25, 0.3) is 0 Å². The van der Waals surface area contributed by atoms with Gasteiger partial charge in [0.05, 0.1) is 41.9 Å². The Bertz CT molecular complexity index is 1410. The lowest BCUT2D eigenvalue weighted by Crippen LogP contribution is -2.40. The van der Waals surface area contributed by atoms with Crippen LogP contribution in [0.15, 0.2) is 117 Å². The monoisotopic (exact) mass is 633 g/mol. The van der Waals surface area contributed by atoms with Gasteiger partial charge in [-0.2, -0.15) is 0 Å². The summed E-state index contributed by atoms with van der Waals surface area (Å²) >= 11 is 3.63. The smallest absolute Gasteiger partial charge is 0.307 e. The fourth-order valence-corrected chi connectivity index (χ4v) is 7.60. The molecule has 1 atom stereocenters. The number of carboxylic acids is 1. The van der Waals surface area contributed by atoms with E-state index in [0.29, 0.717) is 19.8 Å². The highest BCUT2D eigenvalue weighted by atomic mass is 35.5. The summed E-state index contributed by atoms with van der Waals surface area (Å²) < 4.78 is 5.93. The largest absolute Gasteiger partial charge is 0.481 e. The molecule has 4 aromatic rings. The Morgan fingerprint density at radius 2 is 1.28 bits per heavy atom. The second kappa shape index (κ2) is 15.0. The second-order valence-electron chi connectivity index (χ2n) is 10.5. The Morgan fingerprint density at radius 3 is 1.88 bits per heavy atom. The second-order valence-corrected chi connectivity index (χ2v) is 12.7. The molecule has 0 aromatic heterocycles. The number of likely N-dealkylation sites (tertiary alicyclic amines) is 1. The SMILES string of the molecule is Cl.O=C(O)[C@@H]1CCCN(CCOCCN2c3ccccc3Sc3ccccc32)C1.c1ccc2c(c1)Nc1ccccc1S2. The number of para-hydroxylation sites is 4. The maximum atomic E-state index is 11.2. The quantitative estimate of drug-likeness (QED) is 0.173. The Labute approximate surface area is 268 Å². The first-order valence-corrected chi connectivity index (χ1v) is 16.1. The van der Waals surface area contributed by atoms with Crippen LogP contribution in [0.4, 0.5) is 22.7 Å². The van der Waals surface area contributed by atoms with Crippen molar-refractivity contribution in [2.75, 3.05) is 49.6 Å². The van der Waals surface area contributed by atoms with Gasteiger partial charge in [0.2, 0.25) is 0 Å². The Kier molecular flexibility index (Phi) is 10.9. The number of piperidine rings is 1. The molecule has 0 amide bonds. The number of rotatable bonds is 7. The number of nitrogens with zero attached hydrogens (tertiary/aromatic N) is 2. The van der Waals surface area contributed by atoms with Gasteiger partial charge in [0.1, 0.15) is 0 Å². The molecule has 3 aliphatic rings. The van der Waals surface area contributed by atoms with E-state index >= 15 is 0 Å². The van der Waals surface area contributed by atoms with Crippen LogP contribution in [-0.4, -0.2) is 55.4 Å². The number of anilines is 4. The van der Waals surface area contributed by atoms with E-state index < -0.39 is 5.97 Å². The van der Waals surface area contributed by atoms with Crippen molar-refractivity contribution in [1.29, 1.82) is 0 Å². The van der Waals surface area contributed by atoms with Crippen molar-refractivity contribution < 1.29 is 14.6 Å². The van der Waals surface area contributed by atoms with E-state index in [4.69, 9.17) is 4.74 Å². The minimum atomic E-state index is -0.675. The highest BCUT2D eigenvalue weighted by Gasteiger charge is 2.25. The third-order valence-corrected chi connectivity index (χ3v) is 9.94. The maximum absolute atomic E-state index is 11.2. The van der Waals surface area contributed by atoms with Crippen molar-refractivity contribution in [2.45, 2.75) is 32.4 Å². The van der Waals surface area contributed by atoms with Gasteiger partial charge in [-0.3, -0.25) is 4.79 Å². The molecule has 0 unspecified atom stereocenters. The van der Waals surface area contributed by atoms with Crippen LogP contribution in [0.3, 0.4) is 0 Å². The molecule has 2 N–H and O–H groups in total. The van der Waals surface area contributed by atoms with Gasteiger partial charge in [0.15, 0.2) is 0 Å². The van der Waals surface area contributed by atoms with E-state index in [1.807, 2.05) is 23.5 Å². The number of halogens is 1. The third kappa shape index (κ3) is 7.69. The summed E-state index contributed by atoms with van der Waals surface area (Å²) in [5.74, 6) is -0.904. The van der Waals surface area contributed by atoms with Gasteiger partial charge in [-0.15, -0.1) is 12.4 Å². The Hall–Kier alpha value is -3.14. The molecule has 224 valence electrons. The fraction of sp³-hybridized carbons (Fsp3) is 0.265. The van der Waals surface area contributed by atoms with E-state index in [0.717, 1.165) is 32.5 Å². The lowest BCUT2D eigenvalue weighted by atomic mass is 9.98. The zero-order valence-corrected chi connectivity index (χ0v) is 26.3. The van der Waals surface area contributed by atoms with Crippen LogP contribution in [0, 0.1) is 5.92 Å². The standard InChI is InChI=1S/C22H26N2O3S.C12H9NS.ClH/c25-22(26)17-6-5-11-23(16-17)12-14-27-15-13-24-18-7-1-3-9-20(18)28-21-10-4-2-8-19(21)24;1-3-7-11-9(5-1)13-10-6-2-4-8-12(10)14-11;/h1-4,7-10,17H,5-6,11-16H2,(H,25,26);1-8,13H;1H/t17-;;/m1../s1. The molecule has 43 heavy (non-hydrogen) atoms. The summed E-state index contributed by atoms with van der Waals surface area (Å²) in [5.41, 5.74) is 4.87. The van der Waals surface area contributed by atoms with Gasteiger partial charge < -0.3 is 25.0 Å². The molecule has 1 saturated heterocycles. The number of carbonyl (C=O) groups is 1. The molecule has 9 heteroatoms. The summed E-state index contributed by atoms with van der Waals surface area (Å²) in [5, 5.41) is 12.6. The van der Waals surface area contributed by atoms with E-state index in [9.17, 15) is 9.90 Å². The highest BCUT2D eigenvalue weighted by Crippen LogP contribution is 2.47. The molecule has 0 bridgehead atoms. The molecule has 6 nitrogen and oxygen atoms in total. The zero-order valence-electron chi connectivity index (χ0n) is 23.9. The molecule has 0 spiro atoms. The molecule has 3 heterocycles. The number of nitrogens with one attached hydrogen (secondary N) is 1. The minimum absolute atomic E-state index is 0. The lowest BCUT2D eigenvalue weighted by molar-refractivity contribution is -0.143. The van der Waals surface area contributed by atoms with E-state index in [1.54, 1.807) is 0 Å². The topological polar surface area (TPSA) is 65.0 Å². The minimum Gasteiger partial charge on any atom is -0.481 e. The number of aliphatic carboxylic acids is 1. The number of hydrogen-bond donors (Lipinski definition) is 2. The van der Waals surface area contributed by atoms with Gasteiger partial charge >= 0.3 is 5.97 Å². The van der Waals surface area contributed by atoms with E-state index in [2.05, 4.69) is 112 Å². The fourth-order valence-electron chi connectivity index (χ4n) is 5.52. The molecular weight excluding hydrogens is 598 g/mol. The van der Waals surface area contributed by atoms with Crippen LogP contribution in [0.25, 0.3) is 0 Å². The molecule has 7 rings (SSSR count). The summed E-state index contributed by atoms with van der Waals surface area (Å²) in [6, 6.07) is 33.7. The van der Waals surface area contributed by atoms with Crippen molar-refractivity contribution >= 4 is 64.6 Å². The number of ether oxygens (including phenoxy) is 1. The molecule has 0 aliphatic carbocycles. The van der Waals surface area contributed by atoms with Crippen molar-refractivity contribution in [1.82, 2.24) is 4.90 Å². The molecular formula is C34H36ClN3O3S2. The molecule has 3 aliphatic heterocycles. The summed E-state index contributed by atoms with van der Waals surface area (Å²) in [6.07, 6.45) is 1.74. The Morgan fingerprint density at radius 1 is 0.767 bits per heavy atom. The van der Waals surface area contributed by atoms with E-state index in [-0.39, 0.29) is 18.3 Å². The van der Waals surface area contributed by atoms with Gasteiger partial charge in [0, 0.05) is 39.2 Å². The summed E-state index contributed by atoms with van der Waals surface area (Å²) in [7, 11) is 0. The average Bonchev–Trinajstić information content (AvgIpc) is 3.03. The average molecular weight is 634 g/mol. The third-order valence-electron chi connectivity index (χ3n) is 7.66. The van der Waals surface area contributed by atoms with Crippen LogP contribution < -0.4 is 10.2 Å². The number of fused-ring (bicyclic) bond motifs is 4. The first-order valence-electron chi connectivity index (χ1n) is 14.4. The molecule has 4 aromatic carbocycles. The predicted octanol–water partition coefficient (Wildman–Crippen LogP) is 8.42. The van der Waals surface area contributed by atoms with Gasteiger partial charge in [-0.05, 0) is 67.9 Å². The van der Waals surface area contributed by atoms with Crippen molar-refractivity contribution in [3.8, 4) is 0 Å². The molecule has 0 saturated carbocycles. The van der Waals surface area contributed by atoms with Gasteiger partial charge in [-0.1, -0.05) is 72.1 Å². The van der Waals surface area contributed by atoms with Crippen molar-refractivity contribution in [3.63, 3.8) is 0 Å². The Balaban J connectivity index is 0.000000205. The number of carboxylic acid groups (broad SMARTS) is 1. The number of hydrogen-bond acceptors (Lipinski definition) is 7. The number of benzene rings is 4. The first kappa shape index (κ1) is 31.3. The first-order chi connectivity index (χ1) is 20.7. The van der Waals surface area contributed by atoms with Crippen molar-refractivity contribution in [2.24, 2.45) is 5.92 Å².